The molecular formula is C19H26N4O2. The lowest BCUT2D eigenvalue weighted by Crippen LogP contribution is -2.44. The van der Waals surface area contributed by atoms with Crippen molar-refractivity contribution in [3.63, 3.8) is 0 Å². The van der Waals surface area contributed by atoms with Crippen LogP contribution in [0.1, 0.15) is 63.5 Å². The topological polar surface area (TPSA) is 79.1 Å². The summed E-state index contributed by atoms with van der Waals surface area (Å²) in [5.41, 5.74) is 0.197. The lowest BCUT2D eigenvalue weighted by Gasteiger charge is -2.33. The molecule has 1 saturated heterocycles. The van der Waals surface area contributed by atoms with Crippen LogP contribution in [-0.2, 0) is 4.79 Å². The van der Waals surface area contributed by atoms with E-state index in [9.17, 15) is 4.79 Å². The van der Waals surface area contributed by atoms with Crippen molar-refractivity contribution in [2.45, 2.75) is 63.9 Å². The minimum absolute atomic E-state index is 0.115. The summed E-state index contributed by atoms with van der Waals surface area (Å²) < 4.78 is 5.86. The summed E-state index contributed by atoms with van der Waals surface area (Å²) in [5, 5.41) is 9.08. The Balaban J connectivity index is 1.50. The van der Waals surface area contributed by atoms with Gasteiger partial charge in [-0.1, -0.05) is 32.1 Å². The van der Waals surface area contributed by atoms with Gasteiger partial charge in [-0.25, -0.2) is 9.97 Å². The van der Waals surface area contributed by atoms with E-state index in [2.05, 4.69) is 9.97 Å². The van der Waals surface area contributed by atoms with Crippen LogP contribution < -0.4 is 4.74 Å². The predicted molar refractivity (Wildman–Crippen MR) is 92.8 cm³/mol. The van der Waals surface area contributed by atoms with Crippen molar-refractivity contribution >= 4 is 5.91 Å². The van der Waals surface area contributed by atoms with Crippen molar-refractivity contribution in [1.29, 1.82) is 5.26 Å². The van der Waals surface area contributed by atoms with Crippen molar-refractivity contribution in [2.24, 2.45) is 5.92 Å². The minimum atomic E-state index is -0.115. The third kappa shape index (κ3) is 4.91. The molecule has 3 rings (SSSR count). The first kappa shape index (κ1) is 17.7. The van der Waals surface area contributed by atoms with E-state index in [-0.39, 0.29) is 23.6 Å². The molecule has 0 N–H and O–H groups in total. The second kappa shape index (κ2) is 8.80. The highest BCUT2D eigenvalue weighted by atomic mass is 16.5. The zero-order valence-electron chi connectivity index (χ0n) is 14.7. The van der Waals surface area contributed by atoms with Gasteiger partial charge in [0, 0.05) is 25.4 Å². The number of carbonyl (C=O) groups is 1. The fourth-order valence-corrected chi connectivity index (χ4v) is 3.87. The number of piperidine rings is 1. The van der Waals surface area contributed by atoms with E-state index in [4.69, 9.17) is 10.00 Å². The number of hydrogen-bond acceptors (Lipinski definition) is 5. The molecule has 0 radical (unpaired) electrons. The van der Waals surface area contributed by atoms with Gasteiger partial charge in [0.1, 0.15) is 12.2 Å². The number of carbonyl (C=O) groups excluding carboxylic acids is 1. The summed E-state index contributed by atoms with van der Waals surface area (Å²) in [5.74, 6) is 1.23. The molecule has 134 valence electrons. The summed E-state index contributed by atoms with van der Waals surface area (Å²) >= 11 is 0. The van der Waals surface area contributed by atoms with Gasteiger partial charge in [-0.05, 0) is 25.2 Å². The highest BCUT2D eigenvalue weighted by molar-refractivity contribution is 5.76. The van der Waals surface area contributed by atoms with E-state index in [0.717, 1.165) is 31.7 Å². The molecule has 2 heterocycles. The van der Waals surface area contributed by atoms with Gasteiger partial charge in [0.2, 0.25) is 11.6 Å². The second-order valence-electron chi connectivity index (χ2n) is 7.09. The van der Waals surface area contributed by atoms with Crippen LogP contribution in [0.25, 0.3) is 0 Å². The van der Waals surface area contributed by atoms with E-state index in [0.29, 0.717) is 13.0 Å². The van der Waals surface area contributed by atoms with Crippen molar-refractivity contribution < 1.29 is 9.53 Å². The molecule has 2 fully saturated rings. The summed E-state index contributed by atoms with van der Waals surface area (Å²) in [6.07, 6.45) is 12.9. The molecule has 0 spiro atoms. The van der Waals surface area contributed by atoms with Crippen molar-refractivity contribution in [3.05, 3.63) is 18.1 Å². The Morgan fingerprint density at radius 3 is 2.80 bits per heavy atom. The summed E-state index contributed by atoms with van der Waals surface area (Å²) in [6.45, 7) is 1.37. The molecule has 0 aromatic carbocycles. The summed E-state index contributed by atoms with van der Waals surface area (Å²) in [7, 11) is 0. The first-order valence-corrected chi connectivity index (χ1v) is 9.42. The van der Waals surface area contributed by atoms with Gasteiger partial charge >= 0.3 is 0 Å². The van der Waals surface area contributed by atoms with E-state index < -0.39 is 0 Å². The van der Waals surface area contributed by atoms with Gasteiger partial charge in [0.15, 0.2) is 0 Å². The number of likely N-dealkylation sites (tertiary alicyclic amines) is 1. The zero-order chi connectivity index (χ0) is 17.5. The van der Waals surface area contributed by atoms with Crippen molar-refractivity contribution in [3.8, 4) is 11.9 Å². The first-order valence-electron chi connectivity index (χ1n) is 9.42. The van der Waals surface area contributed by atoms with Gasteiger partial charge in [-0.2, -0.15) is 5.26 Å². The number of aromatic nitrogens is 2. The molecule has 6 nitrogen and oxygen atoms in total. The van der Waals surface area contributed by atoms with Gasteiger partial charge in [-0.15, -0.1) is 0 Å². The van der Waals surface area contributed by atoms with E-state index >= 15 is 0 Å². The maximum Gasteiger partial charge on any atom is 0.251 e. The summed E-state index contributed by atoms with van der Waals surface area (Å²) in [6, 6.07) is 2.00. The smallest absolute Gasteiger partial charge is 0.251 e. The third-order valence-electron chi connectivity index (χ3n) is 5.27. The number of nitriles is 1. The maximum atomic E-state index is 12.6. The molecule has 1 unspecified atom stereocenters. The average Bonchev–Trinajstić information content (AvgIpc) is 2.67. The van der Waals surface area contributed by atoms with E-state index in [1.807, 2.05) is 11.0 Å². The molecule has 6 heteroatoms. The fraction of sp³-hybridized carbons (Fsp3) is 0.684. The van der Waals surface area contributed by atoms with Gasteiger partial charge in [-0.3, -0.25) is 4.79 Å². The maximum absolute atomic E-state index is 12.6. The van der Waals surface area contributed by atoms with Crippen LogP contribution in [0.3, 0.4) is 0 Å². The number of rotatable bonds is 5. The molecule has 0 bridgehead atoms. The van der Waals surface area contributed by atoms with Crippen LogP contribution in [0.15, 0.2) is 12.4 Å². The molecular weight excluding hydrogens is 316 g/mol. The number of hydrogen-bond donors (Lipinski definition) is 0. The minimum Gasteiger partial charge on any atom is -0.470 e. The largest absolute Gasteiger partial charge is 0.470 e. The fourth-order valence-electron chi connectivity index (χ4n) is 3.87. The second-order valence-corrected chi connectivity index (χ2v) is 7.09. The Labute approximate surface area is 149 Å². The standard InChI is InChI=1S/C19H26N4O2/c20-13-17-19(22-11-10-21-17)25-16-7-4-12-23(14-16)18(24)9-8-15-5-2-1-3-6-15/h10-11,15-16H,1-9,12,14H2. The van der Waals surface area contributed by atoms with E-state index in [1.54, 1.807) is 0 Å². The van der Waals surface area contributed by atoms with Gasteiger partial charge in [0.25, 0.3) is 5.88 Å². The number of ether oxygens (including phenoxy) is 1. The van der Waals surface area contributed by atoms with Crippen LogP contribution >= 0.6 is 0 Å². The summed E-state index contributed by atoms with van der Waals surface area (Å²) in [4.78, 5) is 22.5. The van der Waals surface area contributed by atoms with Crippen LogP contribution in [0.4, 0.5) is 0 Å². The Hall–Kier alpha value is -2.16. The number of amides is 1. The molecule has 1 aromatic rings. The van der Waals surface area contributed by atoms with Crippen LogP contribution in [0, 0.1) is 17.2 Å². The van der Waals surface area contributed by atoms with Crippen LogP contribution in [-0.4, -0.2) is 40.0 Å². The SMILES string of the molecule is N#Cc1nccnc1OC1CCCN(C(=O)CCC2CCCCC2)C1. The molecule has 1 aliphatic carbocycles. The predicted octanol–water partition coefficient (Wildman–Crippen LogP) is 3.08. The zero-order valence-corrected chi connectivity index (χ0v) is 14.7. The van der Waals surface area contributed by atoms with E-state index in [1.165, 1.54) is 44.5 Å². The third-order valence-corrected chi connectivity index (χ3v) is 5.27. The Morgan fingerprint density at radius 2 is 2.00 bits per heavy atom. The Morgan fingerprint density at radius 1 is 1.20 bits per heavy atom. The van der Waals surface area contributed by atoms with Gasteiger partial charge in [0.05, 0.1) is 6.54 Å². The van der Waals surface area contributed by atoms with Gasteiger partial charge < -0.3 is 9.64 Å². The highest BCUT2D eigenvalue weighted by Gasteiger charge is 2.26. The molecule has 25 heavy (non-hydrogen) atoms. The molecule has 1 amide bonds. The van der Waals surface area contributed by atoms with Crippen molar-refractivity contribution in [1.82, 2.24) is 14.9 Å². The number of nitrogens with zero attached hydrogens (tertiary/aromatic N) is 4. The Kier molecular flexibility index (Phi) is 6.21. The van der Waals surface area contributed by atoms with Crippen LogP contribution in [0.2, 0.25) is 0 Å². The Bertz CT molecular complexity index is 622. The lowest BCUT2D eigenvalue weighted by molar-refractivity contribution is -0.134. The molecule has 1 saturated carbocycles. The van der Waals surface area contributed by atoms with Crippen LogP contribution in [0.5, 0.6) is 5.88 Å². The highest BCUT2D eigenvalue weighted by Crippen LogP contribution is 2.28. The normalized spacial score (nSPS) is 21.6. The average molecular weight is 342 g/mol. The monoisotopic (exact) mass is 342 g/mol. The lowest BCUT2D eigenvalue weighted by atomic mass is 9.86. The quantitative estimate of drug-likeness (QED) is 0.821. The molecule has 1 aliphatic heterocycles. The first-order chi connectivity index (χ1) is 12.3. The van der Waals surface area contributed by atoms with Crippen molar-refractivity contribution in [2.75, 3.05) is 13.1 Å². The molecule has 1 atom stereocenters. The molecule has 1 aromatic heterocycles. The molecule has 2 aliphatic rings.